The van der Waals surface area contributed by atoms with E-state index in [4.69, 9.17) is 4.74 Å². The van der Waals surface area contributed by atoms with Crippen molar-refractivity contribution in [3.8, 4) is 0 Å². The third-order valence-electron chi connectivity index (χ3n) is 3.98. The highest BCUT2D eigenvalue weighted by Gasteiger charge is 2.56. The van der Waals surface area contributed by atoms with Crippen molar-refractivity contribution in [3.05, 3.63) is 0 Å². The Labute approximate surface area is 94.3 Å². The number of halogens is 2. The Bertz CT molecular complexity index is 285. The Morgan fingerprint density at radius 3 is 2.19 bits per heavy atom. The Balaban J connectivity index is 2.03. The van der Waals surface area contributed by atoms with Crippen molar-refractivity contribution in [1.29, 1.82) is 0 Å². The highest BCUT2D eigenvalue weighted by atomic mass is 19.3. The van der Waals surface area contributed by atoms with Crippen LogP contribution in [0.5, 0.6) is 0 Å². The van der Waals surface area contributed by atoms with Crippen molar-refractivity contribution in [2.24, 2.45) is 17.3 Å². The summed E-state index contributed by atoms with van der Waals surface area (Å²) in [7, 11) is 0. The van der Waals surface area contributed by atoms with Gasteiger partial charge >= 0.3 is 5.97 Å². The molecule has 2 unspecified atom stereocenters. The van der Waals surface area contributed by atoms with Gasteiger partial charge in [0.25, 0.3) is 0 Å². The third-order valence-corrected chi connectivity index (χ3v) is 3.98. The van der Waals surface area contributed by atoms with E-state index in [-0.39, 0.29) is 30.6 Å². The van der Waals surface area contributed by atoms with Gasteiger partial charge in [0.1, 0.15) is 0 Å². The molecule has 92 valence electrons. The van der Waals surface area contributed by atoms with E-state index in [9.17, 15) is 13.6 Å². The normalized spacial score (nSPS) is 40.8. The third kappa shape index (κ3) is 1.94. The molecule has 2 saturated carbocycles. The molecule has 0 aliphatic heterocycles. The summed E-state index contributed by atoms with van der Waals surface area (Å²) >= 11 is 0. The first kappa shape index (κ1) is 11.8. The molecule has 2 nitrogen and oxygen atoms in total. The second-order valence-corrected chi connectivity index (χ2v) is 5.47. The molecule has 0 radical (unpaired) electrons. The second-order valence-electron chi connectivity index (χ2n) is 5.47. The highest BCUT2D eigenvalue weighted by molar-refractivity contribution is 5.76. The molecule has 0 N–H and O–H groups in total. The number of esters is 1. The number of hydrogen-bond acceptors (Lipinski definition) is 2. The predicted molar refractivity (Wildman–Crippen MR) is 55.1 cm³/mol. The quantitative estimate of drug-likeness (QED) is 0.684. The summed E-state index contributed by atoms with van der Waals surface area (Å²) in [5.41, 5.74) is -0.526. The Kier molecular flexibility index (Phi) is 2.71. The largest absolute Gasteiger partial charge is 0.466 e. The average molecular weight is 232 g/mol. The molecule has 0 amide bonds. The van der Waals surface area contributed by atoms with Gasteiger partial charge in [-0.2, -0.15) is 0 Å². The molecule has 2 fully saturated rings. The maximum atomic E-state index is 13.2. The van der Waals surface area contributed by atoms with Crippen molar-refractivity contribution in [2.45, 2.75) is 45.5 Å². The predicted octanol–water partition coefficient (Wildman–Crippen LogP) is 3.01. The molecule has 0 bridgehead atoms. The molecular formula is C12H18F2O2. The van der Waals surface area contributed by atoms with Crippen LogP contribution in [0.1, 0.15) is 39.5 Å². The van der Waals surface area contributed by atoms with Crippen molar-refractivity contribution in [2.75, 3.05) is 6.61 Å². The standard InChI is InChI=1S/C12H18F2O2/c1-3-16-10(15)11(2)4-8-6-12(13,14)7-9(8)5-11/h8-9H,3-7H2,1-2H3/t8-,9?,11?/m1/s1. The van der Waals surface area contributed by atoms with Crippen LogP contribution in [-0.4, -0.2) is 18.5 Å². The summed E-state index contributed by atoms with van der Waals surface area (Å²) in [6.07, 6.45) is 1.03. The molecule has 4 heteroatoms. The van der Waals surface area contributed by atoms with Crippen LogP contribution >= 0.6 is 0 Å². The summed E-state index contributed by atoms with van der Waals surface area (Å²) in [4.78, 5) is 11.7. The number of carbonyl (C=O) groups excluding carboxylic acids is 1. The lowest BCUT2D eigenvalue weighted by atomic mass is 9.86. The van der Waals surface area contributed by atoms with Gasteiger partial charge < -0.3 is 4.74 Å². The fraction of sp³-hybridized carbons (Fsp3) is 0.917. The fourth-order valence-corrected chi connectivity index (χ4v) is 3.37. The van der Waals surface area contributed by atoms with Crippen molar-refractivity contribution in [1.82, 2.24) is 0 Å². The minimum Gasteiger partial charge on any atom is -0.466 e. The van der Waals surface area contributed by atoms with E-state index >= 15 is 0 Å². The molecule has 2 aliphatic rings. The van der Waals surface area contributed by atoms with Crippen LogP contribution in [0.2, 0.25) is 0 Å². The monoisotopic (exact) mass is 232 g/mol. The van der Waals surface area contributed by atoms with E-state index in [1.54, 1.807) is 6.92 Å². The smallest absolute Gasteiger partial charge is 0.311 e. The maximum absolute atomic E-state index is 13.2. The summed E-state index contributed by atoms with van der Waals surface area (Å²) < 4.78 is 31.3. The minimum atomic E-state index is -2.51. The number of alkyl halides is 2. The van der Waals surface area contributed by atoms with Gasteiger partial charge in [-0.05, 0) is 38.5 Å². The molecule has 2 aliphatic carbocycles. The Morgan fingerprint density at radius 2 is 1.75 bits per heavy atom. The lowest BCUT2D eigenvalue weighted by molar-refractivity contribution is -0.154. The van der Waals surface area contributed by atoms with Gasteiger partial charge in [-0.25, -0.2) is 8.78 Å². The van der Waals surface area contributed by atoms with Gasteiger partial charge in [0.2, 0.25) is 5.92 Å². The van der Waals surface area contributed by atoms with Gasteiger partial charge in [0.15, 0.2) is 0 Å². The molecular weight excluding hydrogens is 214 g/mol. The van der Waals surface area contributed by atoms with Gasteiger partial charge in [0, 0.05) is 12.8 Å². The van der Waals surface area contributed by atoms with Gasteiger partial charge in [0.05, 0.1) is 12.0 Å². The first-order valence-corrected chi connectivity index (χ1v) is 5.91. The number of rotatable bonds is 2. The number of carbonyl (C=O) groups is 1. The lowest BCUT2D eigenvalue weighted by Crippen LogP contribution is -2.28. The van der Waals surface area contributed by atoms with Crippen LogP contribution in [0.4, 0.5) is 8.78 Å². The summed E-state index contributed by atoms with van der Waals surface area (Å²) in [6.45, 7) is 3.98. The van der Waals surface area contributed by atoms with E-state index in [0.717, 1.165) is 0 Å². The first-order chi connectivity index (χ1) is 7.36. The number of ether oxygens (including phenoxy) is 1. The van der Waals surface area contributed by atoms with Gasteiger partial charge in [-0.15, -0.1) is 0 Å². The van der Waals surface area contributed by atoms with Gasteiger partial charge in [-0.1, -0.05) is 0 Å². The molecule has 16 heavy (non-hydrogen) atoms. The van der Waals surface area contributed by atoms with Crippen LogP contribution < -0.4 is 0 Å². The van der Waals surface area contributed by atoms with Crippen LogP contribution in [0.25, 0.3) is 0 Å². The van der Waals surface area contributed by atoms with E-state index in [2.05, 4.69) is 0 Å². The molecule has 0 aromatic heterocycles. The van der Waals surface area contributed by atoms with Crippen molar-refractivity contribution < 1.29 is 18.3 Å². The van der Waals surface area contributed by atoms with Crippen LogP contribution in [0.3, 0.4) is 0 Å². The van der Waals surface area contributed by atoms with Crippen molar-refractivity contribution >= 4 is 5.97 Å². The topological polar surface area (TPSA) is 26.3 Å². The molecule has 0 heterocycles. The fourth-order valence-electron chi connectivity index (χ4n) is 3.37. The summed E-state index contributed by atoms with van der Waals surface area (Å²) in [6, 6.07) is 0. The Morgan fingerprint density at radius 1 is 1.25 bits per heavy atom. The number of hydrogen-bond donors (Lipinski definition) is 0. The second kappa shape index (κ2) is 3.67. The van der Waals surface area contributed by atoms with Gasteiger partial charge in [-0.3, -0.25) is 4.79 Å². The van der Waals surface area contributed by atoms with Crippen LogP contribution in [0.15, 0.2) is 0 Å². The first-order valence-electron chi connectivity index (χ1n) is 5.91. The number of fused-ring (bicyclic) bond motifs is 1. The molecule has 0 saturated heterocycles. The zero-order valence-corrected chi connectivity index (χ0v) is 9.76. The SMILES string of the molecule is CCOC(=O)C1(C)CC2CC(F)(F)C[C@H]2C1. The summed E-state index contributed by atoms with van der Waals surface area (Å²) in [5.74, 6) is -2.72. The summed E-state index contributed by atoms with van der Waals surface area (Å²) in [5, 5.41) is 0. The molecule has 0 aromatic carbocycles. The zero-order valence-electron chi connectivity index (χ0n) is 9.76. The molecule has 0 spiro atoms. The maximum Gasteiger partial charge on any atom is 0.311 e. The lowest BCUT2D eigenvalue weighted by Gasteiger charge is -2.23. The molecule has 0 aromatic rings. The highest BCUT2D eigenvalue weighted by Crippen LogP contribution is 2.57. The Hall–Kier alpha value is -0.670. The molecule has 3 atom stereocenters. The average Bonchev–Trinajstić information content (AvgIpc) is 2.55. The van der Waals surface area contributed by atoms with E-state index in [1.165, 1.54) is 0 Å². The van der Waals surface area contributed by atoms with Crippen LogP contribution in [-0.2, 0) is 9.53 Å². The minimum absolute atomic E-state index is 0.00408. The molecule has 2 rings (SSSR count). The van der Waals surface area contributed by atoms with Crippen LogP contribution in [0, 0.1) is 17.3 Å². The van der Waals surface area contributed by atoms with E-state index in [0.29, 0.717) is 19.4 Å². The zero-order chi connectivity index (χ0) is 12.0. The van der Waals surface area contributed by atoms with E-state index < -0.39 is 11.3 Å². The van der Waals surface area contributed by atoms with Crippen molar-refractivity contribution in [3.63, 3.8) is 0 Å². The van der Waals surface area contributed by atoms with E-state index in [1.807, 2.05) is 6.92 Å².